The Labute approximate surface area is 274 Å². The minimum Gasteiger partial charge on any atom is -0.449 e. The molecular weight excluding hydrogens is 608 g/mol. The minimum absolute atomic E-state index is 0.0705. The van der Waals surface area contributed by atoms with Gasteiger partial charge in [-0.05, 0) is 70.7 Å². The van der Waals surface area contributed by atoms with E-state index in [4.69, 9.17) is 33.2 Å². The van der Waals surface area contributed by atoms with Crippen LogP contribution in [-0.2, 0) is 38.0 Å². The van der Waals surface area contributed by atoms with Gasteiger partial charge in [0.15, 0.2) is 11.6 Å². The number of nitrogens with one attached hydrogen (secondary N) is 1. The Morgan fingerprint density at radius 1 is 0.979 bits per heavy atom. The lowest BCUT2D eigenvalue weighted by atomic mass is 9.96. The summed E-state index contributed by atoms with van der Waals surface area (Å²) in [6, 6.07) is 14.9. The number of amides is 2. The fraction of sp³-hybridized carbons (Fsp3) is 0.571. The van der Waals surface area contributed by atoms with Crippen molar-refractivity contribution in [1.82, 2.24) is 10.2 Å². The zero-order valence-corrected chi connectivity index (χ0v) is 27.9. The molecule has 2 aromatic rings. The number of fused-ring (bicyclic) bond motifs is 6. The van der Waals surface area contributed by atoms with Gasteiger partial charge in [0.1, 0.15) is 42.8 Å². The van der Waals surface area contributed by atoms with Crippen LogP contribution in [-0.4, -0.2) is 97.0 Å². The van der Waals surface area contributed by atoms with Crippen molar-refractivity contribution in [1.29, 1.82) is 0 Å². The second-order valence-corrected chi connectivity index (χ2v) is 14.4. The van der Waals surface area contributed by atoms with Crippen LogP contribution in [0.3, 0.4) is 0 Å². The Balaban J connectivity index is 1.17. The highest BCUT2D eigenvalue weighted by molar-refractivity contribution is 5.79. The van der Waals surface area contributed by atoms with Crippen molar-refractivity contribution < 1.29 is 47.5 Å². The Bertz CT molecular complexity index is 1470. The molecular formula is C35H44N2O10. The quantitative estimate of drug-likeness (QED) is 0.400. The lowest BCUT2D eigenvalue weighted by Crippen LogP contribution is -2.64. The number of benzene rings is 2. The van der Waals surface area contributed by atoms with Gasteiger partial charge >= 0.3 is 12.2 Å². The maximum Gasteiger partial charge on any atom is 0.410 e. The van der Waals surface area contributed by atoms with Gasteiger partial charge in [-0.25, -0.2) is 9.59 Å². The molecule has 0 radical (unpaired) electrons. The predicted octanol–water partition coefficient (Wildman–Crippen LogP) is 4.73. The molecule has 0 bridgehead atoms. The van der Waals surface area contributed by atoms with Crippen molar-refractivity contribution in [3.8, 4) is 11.1 Å². The van der Waals surface area contributed by atoms with Crippen LogP contribution in [0.15, 0.2) is 48.5 Å². The largest absolute Gasteiger partial charge is 0.449 e. The summed E-state index contributed by atoms with van der Waals surface area (Å²) < 4.78 is 42.5. The second kappa shape index (κ2) is 12.2. The Morgan fingerprint density at radius 2 is 1.62 bits per heavy atom. The maximum atomic E-state index is 13.6. The van der Waals surface area contributed by atoms with Gasteiger partial charge < -0.3 is 48.2 Å². The highest BCUT2D eigenvalue weighted by Gasteiger charge is 2.66. The van der Waals surface area contributed by atoms with Crippen LogP contribution < -0.4 is 5.32 Å². The van der Waals surface area contributed by atoms with Crippen LogP contribution in [0.2, 0.25) is 0 Å². The molecule has 4 unspecified atom stereocenters. The molecule has 0 aromatic heterocycles. The van der Waals surface area contributed by atoms with Gasteiger partial charge in [0, 0.05) is 5.92 Å². The van der Waals surface area contributed by atoms with Crippen molar-refractivity contribution in [2.75, 3.05) is 26.3 Å². The third kappa shape index (κ3) is 6.88. The lowest BCUT2D eigenvalue weighted by molar-refractivity contribution is -0.285. The topological polar surface area (TPSA) is 131 Å². The van der Waals surface area contributed by atoms with E-state index < -0.39 is 59.5 Å². The molecule has 2 amide bonds. The molecule has 3 heterocycles. The van der Waals surface area contributed by atoms with E-state index in [0.29, 0.717) is 6.29 Å². The minimum atomic E-state index is -1.47. The van der Waals surface area contributed by atoms with E-state index in [2.05, 4.69) is 17.4 Å². The van der Waals surface area contributed by atoms with E-state index in [1.54, 1.807) is 34.6 Å². The Morgan fingerprint density at radius 3 is 2.23 bits per heavy atom. The first-order chi connectivity index (χ1) is 22.1. The molecule has 5 atom stereocenters. The maximum absolute atomic E-state index is 13.6. The third-order valence-corrected chi connectivity index (χ3v) is 8.57. The first-order valence-electron chi connectivity index (χ1n) is 16.0. The van der Waals surface area contributed by atoms with Crippen LogP contribution in [0.5, 0.6) is 0 Å². The molecule has 0 saturated carbocycles. The summed E-state index contributed by atoms with van der Waals surface area (Å²) in [5, 5.41) is 2.61. The lowest BCUT2D eigenvalue weighted by Gasteiger charge is -2.43. The van der Waals surface area contributed by atoms with Crippen LogP contribution in [0.4, 0.5) is 9.59 Å². The van der Waals surface area contributed by atoms with Gasteiger partial charge in [-0.2, -0.15) is 0 Å². The van der Waals surface area contributed by atoms with Gasteiger partial charge in [0.25, 0.3) is 0 Å². The SMILES string of the molecule is CC(C)(C)OC(=O)N(C[C@@H](C=O)NC(=O)OCC1c2ccccc2-c2ccccc21)CC12OCC3OC(C)(C)OC3C1OC(C)(C)O2. The fourth-order valence-electron chi connectivity index (χ4n) is 6.91. The normalized spacial score (nSPS) is 27.5. The number of alkyl carbamates (subject to hydrolysis) is 1. The smallest absolute Gasteiger partial charge is 0.410 e. The molecule has 6 rings (SSSR count). The van der Waals surface area contributed by atoms with Crippen molar-refractivity contribution in [2.24, 2.45) is 0 Å². The summed E-state index contributed by atoms with van der Waals surface area (Å²) >= 11 is 0. The number of hydrogen-bond acceptors (Lipinski definition) is 10. The van der Waals surface area contributed by atoms with Crippen LogP contribution in [0, 0.1) is 0 Å². The highest BCUT2D eigenvalue weighted by atomic mass is 16.9. The second-order valence-electron chi connectivity index (χ2n) is 14.4. The van der Waals surface area contributed by atoms with Gasteiger partial charge in [0.2, 0.25) is 5.79 Å². The Hall–Kier alpha value is -3.55. The molecule has 0 spiro atoms. The standard InChI is InChI=1S/C35H44N2O10/c1-32(2,3)46-31(40)37(20-35-29(45-34(6,7)47-35)28-27(19-42-35)43-33(4,5)44-28)16-21(17-38)36-30(39)41-18-26-24-14-10-8-12-22(24)23-13-9-11-15-25(23)26/h8-15,17,21,26-29H,16,18-20H2,1-7H3,(H,36,39)/t21-,27?,28?,29?,35?/m0/s1. The number of carbonyl (C=O) groups excluding carboxylic acids is 3. The number of aldehydes is 1. The fourth-order valence-corrected chi connectivity index (χ4v) is 6.91. The summed E-state index contributed by atoms with van der Waals surface area (Å²) in [5.74, 6) is -3.58. The first-order valence-corrected chi connectivity index (χ1v) is 16.0. The molecule has 4 aliphatic rings. The zero-order valence-electron chi connectivity index (χ0n) is 27.9. The van der Waals surface area contributed by atoms with Crippen molar-refractivity contribution >= 4 is 18.5 Å². The molecule has 1 aliphatic carbocycles. The van der Waals surface area contributed by atoms with Crippen LogP contribution >= 0.6 is 0 Å². The molecule has 1 N–H and O–H groups in total. The summed E-state index contributed by atoms with van der Waals surface area (Å²) in [7, 11) is 0. The predicted molar refractivity (Wildman–Crippen MR) is 168 cm³/mol. The van der Waals surface area contributed by atoms with E-state index in [0.717, 1.165) is 22.3 Å². The molecule has 3 fully saturated rings. The van der Waals surface area contributed by atoms with Crippen molar-refractivity contribution in [2.45, 2.75) is 102 Å². The Kier molecular flexibility index (Phi) is 8.63. The van der Waals surface area contributed by atoms with E-state index in [9.17, 15) is 14.4 Å². The average molecular weight is 653 g/mol. The molecule has 2 aromatic carbocycles. The van der Waals surface area contributed by atoms with Gasteiger partial charge in [0.05, 0.1) is 19.7 Å². The summed E-state index contributed by atoms with van der Waals surface area (Å²) in [6.07, 6.45) is -2.68. The summed E-state index contributed by atoms with van der Waals surface area (Å²) in [5.41, 5.74) is 3.48. The number of nitrogens with zero attached hydrogens (tertiary/aromatic N) is 1. The monoisotopic (exact) mass is 652 g/mol. The molecule has 47 heavy (non-hydrogen) atoms. The van der Waals surface area contributed by atoms with E-state index >= 15 is 0 Å². The van der Waals surface area contributed by atoms with Gasteiger partial charge in [-0.3, -0.25) is 0 Å². The third-order valence-electron chi connectivity index (χ3n) is 8.57. The number of carbonyl (C=O) groups is 3. The molecule has 254 valence electrons. The molecule has 3 aliphatic heterocycles. The zero-order chi connectivity index (χ0) is 33.8. The highest BCUT2D eigenvalue weighted by Crippen LogP contribution is 2.48. The summed E-state index contributed by atoms with van der Waals surface area (Å²) in [6.45, 7) is 12.1. The number of ether oxygens (including phenoxy) is 7. The molecule has 3 saturated heterocycles. The van der Waals surface area contributed by atoms with E-state index in [1.165, 1.54) is 4.90 Å². The molecule has 12 heteroatoms. The average Bonchev–Trinajstić information content (AvgIpc) is 3.59. The number of hydrogen-bond donors (Lipinski definition) is 1. The van der Waals surface area contributed by atoms with Crippen LogP contribution in [0.25, 0.3) is 11.1 Å². The van der Waals surface area contributed by atoms with Gasteiger partial charge in [-0.1, -0.05) is 48.5 Å². The summed E-state index contributed by atoms with van der Waals surface area (Å²) in [4.78, 5) is 40.3. The number of rotatable bonds is 8. The molecule has 12 nitrogen and oxygen atoms in total. The van der Waals surface area contributed by atoms with E-state index in [1.807, 2.05) is 50.2 Å². The van der Waals surface area contributed by atoms with Gasteiger partial charge in [-0.15, -0.1) is 0 Å². The van der Waals surface area contributed by atoms with Crippen molar-refractivity contribution in [3.05, 3.63) is 59.7 Å². The van der Waals surface area contributed by atoms with E-state index in [-0.39, 0.29) is 32.2 Å². The van der Waals surface area contributed by atoms with Crippen molar-refractivity contribution in [3.63, 3.8) is 0 Å². The van der Waals surface area contributed by atoms with Crippen LogP contribution in [0.1, 0.15) is 65.5 Å². The first kappa shape index (κ1) is 33.4.